The molecule has 3 rings (SSSR count). The van der Waals surface area contributed by atoms with E-state index in [0.717, 1.165) is 11.8 Å². The van der Waals surface area contributed by atoms with E-state index in [2.05, 4.69) is 67.8 Å². The molecule has 0 amide bonds. The van der Waals surface area contributed by atoms with E-state index in [4.69, 9.17) is 4.74 Å². The van der Waals surface area contributed by atoms with E-state index in [9.17, 15) is 0 Å². The van der Waals surface area contributed by atoms with Gasteiger partial charge in [-0.3, -0.25) is 0 Å². The number of hydrogen-bond donors (Lipinski definition) is 0. The van der Waals surface area contributed by atoms with Crippen molar-refractivity contribution in [3.8, 4) is 11.1 Å². The zero-order chi connectivity index (χ0) is 18.9. The zero-order valence-corrected chi connectivity index (χ0v) is 16.4. The molecule has 0 heterocycles. The minimum atomic E-state index is 0.596. The molecule has 0 atom stereocenters. The summed E-state index contributed by atoms with van der Waals surface area (Å²) < 4.78 is 5.50. The van der Waals surface area contributed by atoms with Crippen molar-refractivity contribution in [2.24, 2.45) is 11.8 Å². The normalized spacial score (nSPS) is 19.6. The minimum absolute atomic E-state index is 0.596. The van der Waals surface area contributed by atoms with Crippen LogP contribution in [0.3, 0.4) is 0 Å². The van der Waals surface area contributed by atoms with Gasteiger partial charge in [-0.2, -0.15) is 0 Å². The molecule has 1 fully saturated rings. The van der Waals surface area contributed by atoms with E-state index in [0.29, 0.717) is 13.2 Å². The molecular formula is C26H32O. The van der Waals surface area contributed by atoms with Gasteiger partial charge in [0.15, 0.2) is 0 Å². The lowest BCUT2D eigenvalue weighted by Crippen LogP contribution is -2.13. The summed E-state index contributed by atoms with van der Waals surface area (Å²) >= 11 is 0. The molecule has 2 aromatic rings. The Kier molecular flexibility index (Phi) is 7.47. The molecule has 0 aromatic heterocycles. The minimum Gasteiger partial charge on any atom is -0.373 e. The van der Waals surface area contributed by atoms with Crippen LogP contribution in [0.4, 0.5) is 0 Å². The fourth-order valence-corrected chi connectivity index (χ4v) is 4.00. The predicted octanol–water partition coefficient (Wildman–Crippen LogP) is 6.98. The molecule has 1 heteroatoms. The van der Waals surface area contributed by atoms with Crippen molar-refractivity contribution < 1.29 is 4.74 Å². The van der Waals surface area contributed by atoms with Crippen molar-refractivity contribution in [1.29, 1.82) is 0 Å². The van der Waals surface area contributed by atoms with Crippen molar-refractivity contribution in [2.75, 3.05) is 6.61 Å². The molecule has 2 aromatic carbocycles. The Morgan fingerprint density at radius 3 is 1.96 bits per heavy atom. The number of rotatable bonds is 9. The number of hydrogen-bond acceptors (Lipinski definition) is 1. The molecule has 0 unspecified atom stereocenters. The smallest absolute Gasteiger partial charge is 0.0721 e. The molecule has 0 saturated heterocycles. The van der Waals surface area contributed by atoms with E-state index in [1.165, 1.54) is 60.8 Å². The third-order valence-electron chi connectivity index (χ3n) is 5.81. The number of ether oxygens (including phenoxy) is 1. The maximum Gasteiger partial charge on any atom is 0.0721 e. The molecule has 0 radical (unpaired) electrons. The zero-order valence-electron chi connectivity index (χ0n) is 16.4. The van der Waals surface area contributed by atoms with Crippen molar-refractivity contribution in [2.45, 2.75) is 45.1 Å². The molecule has 0 N–H and O–H groups in total. The second-order valence-corrected chi connectivity index (χ2v) is 7.75. The van der Waals surface area contributed by atoms with Crippen LogP contribution in [0.15, 0.2) is 73.8 Å². The molecule has 1 nitrogen and oxygen atoms in total. The van der Waals surface area contributed by atoms with Gasteiger partial charge in [-0.05, 0) is 72.6 Å². The third kappa shape index (κ3) is 5.94. The number of allylic oxidation sites excluding steroid dienone is 1. The Morgan fingerprint density at radius 2 is 1.41 bits per heavy atom. The molecule has 1 aliphatic rings. The first-order valence-corrected chi connectivity index (χ1v) is 10.3. The maximum atomic E-state index is 5.50. The number of aryl methyl sites for hydroxylation is 1. The standard InChI is InChI=1S/C26H32O/c1-3-19-27-20-24-13-17-26(18-14-24)25-15-11-23(12-16-25)10-9-22-7-5-21(4-2)6-8-22/h3-4,11-18,21-22H,1-2,5-10,19-20H2/t21-,22-. The summed E-state index contributed by atoms with van der Waals surface area (Å²) in [5.74, 6) is 1.66. The van der Waals surface area contributed by atoms with Crippen molar-refractivity contribution in [1.82, 2.24) is 0 Å². The maximum absolute atomic E-state index is 5.50. The van der Waals surface area contributed by atoms with E-state index in [-0.39, 0.29) is 0 Å². The molecule has 1 aliphatic carbocycles. The van der Waals surface area contributed by atoms with Gasteiger partial charge in [0.05, 0.1) is 13.2 Å². The summed E-state index contributed by atoms with van der Waals surface area (Å²) in [5.41, 5.74) is 5.20. The number of benzene rings is 2. The lowest BCUT2D eigenvalue weighted by atomic mass is 9.79. The molecule has 142 valence electrons. The first-order chi connectivity index (χ1) is 13.3. The molecular weight excluding hydrogens is 328 g/mol. The third-order valence-corrected chi connectivity index (χ3v) is 5.81. The van der Waals surface area contributed by atoms with Gasteiger partial charge in [-0.1, -0.05) is 60.7 Å². The van der Waals surface area contributed by atoms with E-state index >= 15 is 0 Å². The summed E-state index contributed by atoms with van der Waals surface area (Å²) in [7, 11) is 0. The van der Waals surface area contributed by atoms with Crippen LogP contribution < -0.4 is 0 Å². The SMILES string of the molecule is C=CCOCc1ccc(-c2ccc(CC[C@H]3CC[C@H](C=C)CC3)cc2)cc1. The highest BCUT2D eigenvalue weighted by Gasteiger charge is 2.18. The molecule has 0 bridgehead atoms. The Hall–Kier alpha value is -2.12. The van der Waals surface area contributed by atoms with Gasteiger partial charge in [0.25, 0.3) is 0 Å². The lowest BCUT2D eigenvalue weighted by molar-refractivity contribution is 0.149. The van der Waals surface area contributed by atoms with Crippen molar-refractivity contribution in [3.63, 3.8) is 0 Å². The summed E-state index contributed by atoms with van der Waals surface area (Å²) in [5, 5.41) is 0. The fraction of sp³-hybridized carbons (Fsp3) is 0.385. The summed E-state index contributed by atoms with van der Waals surface area (Å²) in [6, 6.07) is 17.8. The Morgan fingerprint density at radius 1 is 0.815 bits per heavy atom. The average molecular weight is 361 g/mol. The summed E-state index contributed by atoms with van der Waals surface area (Å²) in [6.45, 7) is 8.85. The Bertz CT molecular complexity index is 703. The van der Waals surface area contributed by atoms with Crippen molar-refractivity contribution >= 4 is 0 Å². The van der Waals surface area contributed by atoms with Gasteiger partial charge < -0.3 is 4.74 Å². The molecule has 27 heavy (non-hydrogen) atoms. The fourth-order valence-electron chi connectivity index (χ4n) is 4.00. The van der Waals surface area contributed by atoms with Crippen LogP contribution in [0, 0.1) is 11.8 Å². The Labute approximate surface area is 164 Å². The van der Waals surface area contributed by atoms with Gasteiger partial charge in [0.2, 0.25) is 0 Å². The Balaban J connectivity index is 1.49. The molecule has 1 saturated carbocycles. The highest BCUT2D eigenvalue weighted by Crippen LogP contribution is 2.32. The average Bonchev–Trinajstić information content (AvgIpc) is 2.74. The topological polar surface area (TPSA) is 9.23 Å². The molecule has 0 spiro atoms. The van der Waals surface area contributed by atoms with Crippen LogP contribution >= 0.6 is 0 Å². The van der Waals surface area contributed by atoms with Crippen LogP contribution in [0.2, 0.25) is 0 Å². The van der Waals surface area contributed by atoms with E-state index in [1.807, 2.05) is 0 Å². The van der Waals surface area contributed by atoms with Crippen LogP contribution in [0.5, 0.6) is 0 Å². The summed E-state index contributed by atoms with van der Waals surface area (Å²) in [4.78, 5) is 0. The van der Waals surface area contributed by atoms with Crippen LogP contribution in [-0.2, 0) is 17.8 Å². The van der Waals surface area contributed by atoms with Gasteiger partial charge >= 0.3 is 0 Å². The monoisotopic (exact) mass is 360 g/mol. The largest absolute Gasteiger partial charge is 0.373 e. The summed E-state index contributed by atoms with van der Waals surface area (Å²) in [6.07, 6.45) is 11.9. The highest BCUT2D eigenvalue weighted by molar-refractivity contribution is 5.63. The van der Waals surface area contributed by atoms with Gasteiger partial charge in [0, 0.05) is 0 Å². The van der Waals surface area contributed by atoms with Gasteiger partial charge in [0.1, 0.15) is 0 Å². The highest BCUT2D eigenvalue weighted by atomic mass is 16.5. The first kappa shape index (κ1) is 19.6. The second kappa shape index (κ2) is 10.3. The second-order valence-electron chi connectivity index (χ2n) is 7.75. The van der Waals surface area contributed by atoms with Gasteiger partial charge in [-0.15, -0.1) is 13.2 Å². The van der Waals surface area contributed by atoms with Crippen LogP contribution in [0.1, 0.15) is 43.2 Å². The van der Waals surface area contributed by atoms with Crippen LogP contribution in [-0.4, -0.2) is 6.61 Å². The van der Waals surface area contributed by atoms with Crippen LogP contribution in [0.25, 0.3) is 11.1 Å². The van der Waals surface area contributed by atoms with E-state index < -0.39 is 0 Å². The first-order valence-electron chi connectivity index (χ1n) is 10.3. The predicted molar refractivity (Wildman–Crippen MR) is 116 cm³/mol. The quantitative estimate of drug-likeness (QED) is 0.346. The van der Waals surface area contributed by atoms with Gasteiger partial charge in [-0.25, -0.2) is 0 Å². The van der Waals surface area contributed by atoms with E-state index in [1.54, 1.807) is 6.08 Å². The lowest BCUT2D eigenvalue weighted by Gasteiger charge is -2.26. The van der Waals surface area contributed by atoms with Crippen molar-refractivity contribution in [3.05, 3.63) is 85.0 Å². The molecule has 0 aliphatic heterocycles.